The van der Waals surface area contributed by atoms with Crippen molar-refractivity contribution < 1.29 is 4.79 Å². The monoisotopic (exact) mass is 226 g/mol. The van der Waals surface area contributed by atoms with Crippen LogP contribution in [0, 0.1) is 13.8 Å². The van der Waals surface area contributed by atoms with Crippen LogP contribution in [-0.4, -0.2) is 6.29 Å². The van der Waals surface area contributed by atoms with E-state index in [2.05, 4.69) is 22.0 Å². The SMILES string of the molecule is Cc1ccc(C(Br)C=O)c(C)c1. The summed E-state index contributed by atoms with van der Waals surface area (Å²) in [7, 11) is 0. The van der Waals surface area contributed by atoms with E-state index in [9.17, 15) is 4.79 Å². The molecule has 0 aliphatic rings. The molecule has 0 radical (unpaired) electrons. The second-order valence-corrected chi connectivity index (χ2v) is 3.88. The smallest absolute Gasteiger partial charge is 0.138 e. The molecule has 12 heavy (non-hydrogen) atoms. The van der Waals surface area contributed by atoms with Crippen molar-refractivity contribution in [2.24, 2.45) is 0 Å². The number of halogens is 1. The summed E-state index contributed by atoms with van der Waals surface area (Å²) >= 11 is 3.29. The molecule has 0 fully saturated rings. The number of carbonyl (C=O) groups is 1. The van der Waals surface area contributed by atoms with Crippen LogP contribution in [0.1, 0.15) is 21.5 Å². The summed E-state index contributed by atoms with van der Waals surface area (Å²) in [5.74, 6) is 0. The topological polar surface area (TPSA) is 17.1 Å². The molecular formula is C10H11BrO. The number of carbonyl (C=O) groups excluding carboxylic acids is 1. The van der Waals surface area contributed by atoms with Gasteiger partial charge in [-0.15, -0.1) is 0 Å². The molecule has 0 aliphatic carbocycles. The maximum atomic E-state index is 10.5. The van der Waals surface area contributed by atoms with Gasteiger partial charge in [-0.1, -0.05) is 39.7 Å². The third-order valence-corrected chi connectivity index (χ3v) is 2.55. The normalized spacial score (nSPS) is 12.6. The molecule has 1 nitrogen and oxygen atoms in total. The van der Waals surface area contributed by atoms with Crippen LogP contribution in [0.3, 0.4) is 0 Å². The summed E-state index contributed by atoms with van der Waals surface area (Å²) in [6.07, 6.45) is 0.900. The zero-order valence-corrected chi connectivity index (χ0v) is 8.76. The third-order valence-electron chi connectivity index (χ3n) is 1.84. The maximum Gasteiger partial charge on any atom is 0.138 e. The van der Waals surface area contributed by atoms with Crippen molar-refractivity contribution in [3.8, 4) is 0 Å². The lowest BCUT2D eigenvalue weighted by Crippen LogP contribution is -1.94. The standard InChI is InChI=1S/C10H11BrO/c1-7-3-4-9(8(2)5-7)10(11)6-12/h3-6,10H,1-2H3. The second kappa shape index (κ2) is 3.85. The Morgan fingerprint density at radius 2 is 2.08 bits per heavy atom. The zero-order chi connectivity index (χ0) is 9.14. The zero-order valence-electron chi connectivity index (χ0n) is 7.17. The highest BCUT2D eigenvalue weighted by atomic mass is 79.9. The van der Waals surface area contributed by atoms with Gasteiger partial charge in [-0.2, -0.15) is 0 Å². The van der Waals surface area contributed by atoms with Crippen molar-refractivity contribution in [2.75, 3.05) is 0 Å². The van der Waals surface area contributed by atoms with Gasteiger partial charge in [0.25, 0.3) is 0 Å². The molecule has 0 spiro atoms. The minimum atomic E-state index is -0.168. The van der Waals surface area contributed by atoms with Crippen LogP contribution in [0.5, 0.6) is 0 Å². The van der Waals surface area contributed by atoms with Crippen molar-refractivity contribution in [2.45, 2.75) is 18.7 Å². The Morgan fingerprint density at radius 3 is 2.58 bits per heavy atom. The summed E-state index contributed by atoms with van der Waals surface area (Å²) in [6.45, 7) is 4.06. The molecule has 1 aromatic rings. The Kier molecular flexibility index (Phi) is 3.04. The fraction of sp³-hybridized carbons (Fsp3) is 0.300. The van der Waals surface area contributed by atoms with Crippen LogP contribution in [-0.2, 0) is 4.79 Å². The van der Waals surface area contributed by atoms with Gasteiger partial charge in [0.05, 0.1) is 4.83 Å². The summed E-state index contributed by atoms with van der Waals surface area (Å²) < 4.78 is 0. The van der Waals surface area contributed by atoms with E-state index in [-0.39, 0.29) is 4.83 Å². The number of aldehydes is 1. The molecule has 0 heterocycles. The summed E-state index contributed by atoms with van der Waals surface area (Å²) in [5.41, 5.74) is 3.43. The van der Waals surface area contributed by atoms with Crippen LogP contribution < -0.4 is 0 Å². The third kappa shape index (κ3) is 1.95. The lowest BCUT2D eigenvalue weighted by atomic mass is 10.0. The molecule has 0 aliphatic heterocycles. The van der Waals surface area contributed by atoms with Crippen molar-refractivity contribution in [1.29, 1.82) is 0 Å². The van der Waals surface area contributed by atoms with Gasteiger partial charge in [0, 0.05) is 0 Å². The first kappa shape index (κ1) is 9.46. The predicted octanol–water partition coefficient (Wildman–Crippen LogP) is 2.94. The van der Waals surface area contributed by atoms with E-state index in [1.165, 1.54) is 5.56 Å². The molecule has 64 valence electrons. The van der Waals surface area contributed by atoms with Gasteiger partial charge < -0.3 is 4.79 Å². The second-order valence-electron chi connectivity index (χ2n) is 2.90. The first-order chi connectivity index (χ1) is 5.65. The van der Waals surface area contributed by atoms with E-state index in [4.69, 9.17) is 0 Å². The lowest BCUT2D eigenvalue weighted by molar-refractivity contribution is -0.107. The van der Waals surface area contributed by atoms with Gasteiger partial charge in [0.2, 0.25) is 0 Å². The number of alkyl halides is 1. The van der Waals surface area contributed by atoms with Crippen molar-refractivity contribution in [1.82, 2.24) is 0 Å². The number of benzene rings is 1. The summed E-state index contributed by atoms with van der Waals surface area (Å²) in [6, 6.07) is 6.08. The fourth-order valence-corrected chi connectivity index (χ4v) is 1.72. The lowest BCUT2D eigenvalue weighted by Gasteiger charge is -2.07. The van der Waals surface area contributed by atoms with Crippen molar-refractivity contribution >= 4 is 22.2 Å². The minimum Gasteiger partial charge on any atom is -0.302 e. The van der Waals surface area contributed by atoms with Gasteiger partial charge in [0.1, 0.15) is 6.29 Å². The Morgan fingerprint density at radius 1 is 1.42 bits per heavy atom. The highest BCUT2D eigenvalue weighted by Crippen LogP contribution is 2.23. The van der Waals surface area contributed by atoms with Crippen LogP contribution in [0.15, 0.2) is 18.2 Å². The summed E-state index contributed by atoms with van der Waals surface area (Å²) in [5, 5.41) is 0. The minimum absolute atomic E-state index is 0.168. The van der Waals surface area contributed by atoms with Crippen LogP contribution >= 0.6 is 15.9 Å². The van der Waals surface area contributed by atoms with Gasteiger partial charge in [-0.05, 0) is 25.0 Å². The molecule has 0 amide bonds. The van der Waals surface area contributed by atoms with Gasteiger partial charge in [0.15, 0.2) is 0 Å². The average molecular weight is 227 g/mol. The molecule has 0 bridgehead atoms. The Hall–Kier alpha value is -0.630. The van der Waals surface area contributed by atoms with Crippen LogP contribution in [0.25, 0.3) is 0 Å². The predicted molar refractivity (Wildman–Crippen MR) is 53.6 cm³/mol. The largest absolute Gasteiger partial charge is 0.302 e. The molecule has 2 heteroatoms. The quantitative estimate of drug-likeness (QED) is 0.560. The van der Waals surface area contributed by atoms with E-state index < -0.39 is 0 Å². The Labute approximate surface area is 80.9 Å². The number of hydrogen-bond donors (Lipinski definition) is 0. The Balaban J connectivity index is 3.09. The van der Waals surface area contributed by atoms with Gasteiger partial charge >= 0.3 is 0 Å². The summed E-state index contributed by atoms with van der Waals surface area (Å²) in [4.78, 5) is 10.3. The number of hydrogen-bond acceptors (Lipinski definition) is 1. The molecule has 1 unspecified atom stereocenters. The first-order valence-corrected chi connectivity index (χ1v) is 4.73. The van der Waals surface area contributed by atoms with E-state index in [1.807, 2.05) is 26.0 Å². The molecule has 1 atom stereocenters. The van der Waals surface area contributed by atoms with Crippen molar-refractivity contribution in [3.05, 3.63) is 34.9 Å². The molecule has 0 saturated carbocycles. The van der Waals surface area contributed by atoms with E-state index in [0.29, 0.717) is 0 Å². The molecule has 0 saturated heterocycles. The highest BCUT2D eigenvalue weighted by Gasteiger charge is 2.07. The van der Waals surface area contributed by atoms with E-state index in [1.54, 1.807) is 0 Å². The molecule has 0 aromatic heterocycles. The fourth-order valence-electron chi connectivity index (χ4n) is 1.21. The molecular weight excluding hydrogens is 216 g/mol. The highest BCUT2D eigenvalue weighted by molar-refractivity contribution is 9.09. The first-order valence-electron chi connectivity index (χ1n) is 3.81. The maximum absolute atomic E-state index is 10.5. The average Bonchev–Trinajstić information content (AvgIpc) is 2.03. The van der Waals surface area contributed by atoms with Gasteiger partial charge in [-0.3, -0.25) is 0 Å². The molecule has 1 rings (SSSR count). The van der Waals surface area contributed by atoms with Crippen LogP contribution in [0.2, 0.25) is 0 Å². The molecule has 0 N–H and O–H groups in total. The Bertz CT molecular complexity index is 294. The number of rotatable bonds is 2. The van der Waals surface area contributed by atoms with E-state index in [0.717, 1.165) is 17.4 Å². The van der Waals surface area contributed by atoms with Crippen molar-refractivity contribution in [3.63, 3.8) is 0 Å². The van der Waals surface area contributed by atoms with Gasteiger partial charge in [-0.25, -0.2) is 0 Å². The number of aryl methyl sites for hydroxylation is 2. The molecule has 1 aromatic carbocycles. The van der Waals surface area contributed by atoms with E-state index >= 15 is 0 Å². The van der Waals surface area contributed by atoms with Crippen LogP contribution in [0.4, 0.5) is 0 Å².